The van der Waals surface area contributed by atoms with Gasteiger partial charge in [0.2, 0.25) is 0 Å². The summed E-state index contributed by atoms with van der Waals surface area (Å²) in [5.74, 6) is 0.107. The lowest BCUT2D eigenvalue weighted by atomic mass is 9.99. The maximum Gasteiger partial charge on any atom is 0.472 e. The molecule has 0 aliphatic heterocycles. The summed E-state index contributed by atoms with van der Waals surface area (Å²) in [6, 6.07) is 0. The third-order valence-corrected chi connectivity index (χ3v) is 17.4. The van der Waals surface area contributed by atoms with Gasteiger partial charge in [-0.25, -0.2) is 9.13 Å². The molecule has 0 spiro atoms. The number of ether oxygens (including phenoxy) is 4. The fraction of sp³-hybridized carbons (Fsp3) is 0.939. The van der Waals surface area contributed by atoms with Crippen molar-refractivity contribution in [1.29, 1.82) is 0 Å². The molecular weight excluding hydrogens is 1130 g/mol. The second kappa shape index (κ2) is 57.2. The summed E-state index contributed by atoms with van der Waals surface area (Å²) in [5, 5.41) is 10.5. The van der Waals surface area contributed by atoms with Gasteiger partial charge in [0.1, 0.15) is 19.3 Å². The van der Waals surface area contributed by atoms with Crippen LogP contribution in [0.15, 0.2) is 0 Å². The molecule has 0 heterocycles. The SMILES string of the molecule is CCCCCCCCCC(=O)OC[C@H](COP(=O)(O)OC[C@H](O)COP(=O)(O)OC[C@@H](COC(=O)CCCCCCCCCC(C)C)OC(=O)CCCCCCCCCCCCCCCCC(C)CC)OC(=O)CCCCCCCCCC(C)C. The summed E-state index contributed by atoms with van der Waals surface area (Å²) in [6.07, 6.45) is 39.2. The van der Waals surface area contributed by atoms with E-state index in [1.54, 1.807) is 0 Å². The summed E-state index contributed by atoms with van der Waals surface area (Å²) in [5.41, 5.74) is 0. The maximum atomic E-state index is 13.0. The number of aliphatic hydroxyl groups excluding tert-OH is 1. The number of esters is 4. The van der Waals surface area contributed by atoms with Gasteiger partial charge >= 0.3 is 39.5 Å². The number of carbonyl (C=O) groups is 4. The van der Waals surface area contributed by atoms with Gasteiger partial charge in [0, 0.05) is 25.7 Å². The first-order valence-electron chi connectivity index (χ1n) is 34.4. The van der Waals surface area contributed by atoms with Crippen LogP contribution in [0, 0.1) is 17.8 Å². The average Bonchev–Trinajstić information content (AvgIpc) is 3.56. The molecule has 3 N–H and O–H groups in total. The minimum absolute atomic E-state index is 0.103. The molecule has 504 valence electrons. The van der Waals surface area contributed by atoms with Crippen LogP contribution in [-0.4, -0.2) is 96.7 Å². The Morgan fingerprint density at radius 1 is 0.341 bits per heavy atom. The van der Waals surface area contributed by atoms with Crippen LogP contribution in [0.3, 0.4) is 0 Å². The quantitative estimate of drug-likeness (QED) is 0.0222. The monoisotopic (exact) mass is 1250 g/mol. The first kappa shape index (κ1) is 83.1. The topological polar surface area (TPSA) is 237 Å². The number of phosphoric ester groups is 2. The Kier molecular flexibility index (Phi) is 55.9. The number of aliphatic hydroxyl groups is 1. The number of unbranched alkanes of at least 4 members (excludes halogenated alkanes) is 31. The highest BCUT2D eigenvalue weighted by Crippen LogP contribution is 2.45. The molecule has 0 bridgehead atoms. The van der Waals surface area contributed by atoms with Crippen LogP contribution < -0.4 is 0 Å². The number of hydrogen-bond acceptors (Lipinski definition) is 15. The average molecular weight is 1260 g/mol. The van der Waals surface area contributed by atoms with Crippen LogP contribution in [-0.2, 0) is 65.4 Å². The highest BCUT2D eigenvalue weighted by Gasteiger charge is 2.30. The van der Waals surface area contributed by atoms with Crippen molar-refractivity contribution in [2.75, 3.05) is 39.6 Å². The first-order chi connectivity index (χ1) is 40.8. The number of rotatable bonds is 64. The lowest BCUT2D eigenvalue weighted by Crippen LogP contribution is -2.30. The number of phosphoric acid groups is 2. The van der Waals surface area contributed by atoms with Crippen molar-refractivity contribution in [1.82, 2.24) is 0 Å². The highest BCUT2D eigenvalue weighted by atomic mass is 31.2. The predicted molar refractivity (Wildman–Crippen MR) is 340 cm³/mol. The maximum absolute atomic E-state index is 13.0. The molecule has 0 fully saturated rings. The molecule has 0 aliphatic rings. The predicted octanol–water partition coefficient (Wildman–Crippen LogP) is 18.3. The number of carbonyl (C=O) groups excluding carboxylic acids is 4. The van der Waals surface area contributed by atoms with Crippen LogP contribution in [0.5, 0.6) is 0 Å². The summed E-state index contributed by atoms with van der Waals surface area (Å²) in [7, 11) is -9.89. The van der Waals surface area contributed by atoms with E-state index in [0.29, 0.717) is 37.5 Å². The Morgan fingerprint density at radius 3 is 0.894 bits per heavy atom. The lowest BCUT2D eigenvalue weighted by Gasteiger charge is -2.21. The zero-order valence-corrected chi connectivity index (χ0v) is 56.9. The van der Waals surface area contributed by atoms with E-state index >= 15 is 0 Å². The molecule has 0 amide bonds. The van der Waals surface area contributed by atoms with E-state index in [1.807, 2.05) is 0 Å². The molecule has 19 heteroatoms. The van der Waals surface area contributed by atoms with Gasteiger partial charge in [-0.15, -0.1) is 0 Å². The Hall–Kier alpha value is -1.94. The van der Waals surface area contributed by atoms with E-state index in [1.165, 1.54) is 116 Å². The minimum atomic E-state index is -4.95. The molecule has 0 aromatic rings. The van der Waals surface area contributed by atoms with E-state index in [4.69, 9.17) is 37.0 Å². The second-order valence-electron chi connectivity index (χ2n) is 25.1. The molecule has 0 saturated heterocycles. The van der Waals surface area contributed by atoms with Crippen molar-refractivity contribution in [2.24, 2.45) is 17.8 Å². The van der Waals surface area contributed by atoms with E-state index in [0.717, 1.165) is 115 Å². The smallest absolute Gasteiger partial charge is 0.462 e. The third-order valence-electron chi connectivity index (χ3n) is 15.5. The van der Waals surface area contributed by atoms with E-state index in [-0.39, 0.29) is 25.7 Å². The molecule has 0 aromatic carbocycles. The van der Waals surface area contributed by atoms with Crippen LogP contribution in [0.25, 0.3) is 0 Å². The fourth-order valence-corrected chi connectivity index (χ4v) is 11.4. The van der Waals surface area contributed by atoms with E-state index in [9.17, 15) is 43.2 Å². The Balaban J connectivity index is 5.18. The van der Waals surface area contributed by atoms with Crippen molar-refractivity contribution < 1.29 is 80.2 Å². The zero-order chi connectivity index (χ0) is 63.1. The van der Waals surface area contributed by atoms with E-state index in [2.05, 4.69) is 48.5 Å². The summed E-state index contributed by atoms with van der Waals surface area (Å²) in [4.78, 5) is 72.1. The van der Waals surface area contributed by atoms with Crippen LogP contribution in [0.1, 0.15) is 325 Å². The summed E-state index contributed by atoms with van der Waals surface area (Å²) < 4.78 is 68.0. The normalized spacial score (nSPS) is 14.6. The Morgan fingerprint density at radius 2 is 0.600 bits per heavy atom. The van der Waals surface area contributed by atoms with Crippen molar-refractivity contribution >= 4 is 39.5 Å². The van der Waals surface area contributed by atoms with Crippen LogP contribution in [0.2, 0.25) is 0 Å². The lowest BCUT2D eigenvalue weighted by molar-refractivity contribution is -0.161. The zero-order valence-electron chi connectivity index (χ0n) is 55.1. The van der Waals surface area contributed by atoms with Gasteiger partial charge in [-0.2, -0.15) is 0 Å². The fourth-order valence-electron chi connectivity index (χ4n) is 9.80. The number of hydrogen-bond donors (Lipinski definition) is 3. The standard InChI is InChI=1S/C66H128O17P2/c1-8-10-11-12-23-33-40-47-63(68)76-53-61(83-66(71)50-43-36-29-22-25-31-38-45-58(5)6)55-80-84(72,73)78-51-60(67)52-79-85(74,75)81-56-62(54-77-64(69)48-41-34-28-21-24-30-37-44-57(3)4)82-65(70)49-42-35-27-20-18-16-14-13-15-17-19-26-32-39-46-59(7)9-2/h57-62,67H,8-56H2,1-7H3,(H,72,73)(H,74,75)/t59?,60-,61+,62+/m0/s1. The minimum Gasteiger partial charge on any atom is -0.462 e. The Labute approximate surface area is 517 Å². The van der Waals surface area contributed by atoms with Gasteiger partial charge in [-0.05, 0) is 43.4 Å². The van der Waals surface area contributed by atoms with Crippen molar-refractivity contribution in [3.05, 3.63) is 0 Å². The molecule has 6 atom stereocenters. The van der Waals surface area contributed by atoms with Gasteiger partial charge in [0.15, 0.2) is 12.2 Å². The third kappa shape index (κ3) is 59.5. The Bertz CT molecular complexity index is 1680. The second-order valence-corrected chi connectivity index (χ2v) is 28.0. The van der Waals surface area contributed by atoms with Crippen LogP contribution >= 0.6 is 15.6 Å². The van der Waals surface area contributed by atoms with Gasteiger partial charge in [-0.3, -0.25) is 37.3 Å². The molecule has 85 heavy (non-hydrogen) atoms. The first-order valence-corrected chi connectivity index (χ1v) is 37.4. The molecular formula is C66H128O17P2. The molecule has 0 saturated carbocycles. The van der Waals surface area contributed by atoms with Crippen LogP contribution in [0.4, 0.5) is 0 Å². The van der Waals surface area contributed by atoms with Crippen molar-refractivity contribution in [2.45, 2.75) is 343 Å². The van der Waals surface area contributed by atoms with Gasteiger partial charge in [0.05, 0.1) is 26.4 Å². The summed E-state index contributed by atoms with van der Waals surface area (Å²) in [6.45, 7) is 11.7. The molecule has 3 unspecified atom stereocenters. The van der Waals surface area contributed by atoms with Crippen molar-refractivity contribution in [3.63, 3.8) is 0 Å². The molecule has 0 rings (SSSR count). The van der Waals surface area contributed by atoms with E-state index < -0.39 is 97.5 Å². The summed E-state index contributed by atoms with van der Waals surface area (Å²) >= 11 is 0. The van der Waals surface area contributed by atoms with Crippen molar-refractivity contribution in [3.8, 4) is 0 Å². The highest BCUT2D eigenvalue weighted by molar-refractivity contribution is 7.47. The van der Waals surface area contributed by atoms with Gasteiger partial charge < -0.3 is 33.8 Å². The largest absolute Gasteiger partial charge is 0.472 e. The molecule has 0 aliphatic carbocycles. The molecule has 0 aromatic heterocycles. The van der Waals surface area contributed by atoms with Gasteiger partial charge in [0.25, 0.3) is 0 Å². The molecule has 0 radical (unpaired) electrons. The van der Waals surface area contributed by atoms with Gasteiger partial charge in [-0.1, -0.05) is 273 Å². The molecule has 17 nitrogen and oxygen atoms in total.